The molecule has 0 radical (unpaired) electrons. The number of nitrogens with one attached hydrogen (secondary N) is 3. The number of benzene rings is 2. The molecule has 0 aliphatic heterocycles. The van der Waals surface area contributed by atoms with E-state index < -0.39 is 36.3 Å². The highest BCUT2D eigenvalue weighted by molar-refractivity contribution is 6.31. The third kappa shape index (κ3) is 5.95. The van der Waals surface area contributed by atoms with Crippen molar-refractivity contribution in [1.29, 1.82) is 0 Å². The van der Waals surface area contributed by atoms with E-state index in [1.807, 2.05) is 32.0 Å². The third-order valence-corrected chi connectivity index (χ3v) is 4.41. The molecule has 0 aromatic heterocycles. The number of hydrogen-bond acceptors (Lipinski definition) is 4. The molecule has 0 aliphatic carbocycles. The van der Waals surface area contributed by atoms with Crippen molar-refractivity contribution in [2.75, 3.05) is 10.6 Å². The number of carbonyl (C=O) groups is 4. The van der Waals surface area contributed by atoms with E-state index >= 15 is 0 Å². The lowest BCUT2D eigenvalue weighted by Gasteiger charge is -2.16. The molecule has 3 amide bonds. The van der Waals surface area contributed by atoms with E-state index in [2.05, 4.69) is 16.0 Å². The fourth-order valence-electron chi connectivity index (χ4n) is 2.71. The lowest BCUT2D eigenvalue weighted by atomic mass is 10.1. The van der Waals surface area contributed by atoms with Crippen LogP contribution < -0.4 is 16.0 Å². The number of anilines is 2. The summed E-state index contributed by atoms with van der Waals surface area (Å²) in [6.07, 6.45) is -0.801. The van der Waals surface area contributed by atoms with E-state index in [9.17, 15) is 19.2 Å². The van der Waals surface area contributed by atoms with Gasteiger partial charge in [-0.2, -0.15) is 0 Å². The zero-order chi connectivity index (χ0) is 22.4. The number of carboxylic acids is 2. The van der Waals surface area contributed by atoms with Crippen molar-refractivity contribution in [3.05, 3.63) is 58.1 Å². The molecule has 0 heterocycles. The third-order valence-electron chi connectivity index (χ3n) is 4.18. The Balaban J connectivity index is 2.24. The molecule has 2 aromatic carbocycles. The minimum atomic E-state index is -1.64. The van der Waals surface area contributed by atoms with Crippen LogP contribution in [0, 0.1) is 13.8 Å². The smallest absolute Gasteiger partial charge is 0.326 e. The molecule has 2 rings (SSSR count). The Hall–Kier alpha value is -3.59. The second-order valence-electron chi connectivity index (χ2n) is 6.50. The van der Waals surface area contributed by atoms with Gasteiger partial charge in [0, 0.05) is 10.7 Å². The summed E-state index contributed by atoms with van der Waals surface area (Å²) < 4.78 is 0. The molecule has 5 N–H and O–H groups in total. The predicted molar refractivity (Wildman–Crippen MR) is 111 cm³/mol. The maximum Gasteiger partial charge on any atom is 0.326 e. The van der Waals surface area contributed by atoms with Crippen LogP contribution in [0.4, 0.5) is 16.2 Å². The van der Waals surface area contributed by atoms with Crippen LogP contribution in [0.15, 0.2) is 36.4 Å². The molecular formula is C20H20ClN3O6. The first-order chi connectivity index (χ1) is 14.1. The van der Waals surface area contributed by atoms with Gasteiger partial charge in [-0.3, -0.25) is 9.59 Å². The van der Waals surface area contributed by atoms with Gasteiger partial charge in [-0.05, 0) is 43.2 Å². The summed E-state index contributed by atoms with van der Waals surface area (Å²) in [6, 6.07) is 7.25. The highest BCUT2D eigenvalue weighted by Crippen LogP contribution is 2.23. The molecule has 0 saturated carbocycles. The summed E-state index contributed by atoms with van der Waals surface area (Å²) in [5.41, 5.74) is 2.24. The van der Waals surface area contributed by atoms with Crippen molar-refractivity contribution in [3.63, 3.8) is 0 Å². The number of hydrogen-bond donors (Lipinski definition) is 5. The fraction of sp³-hybridized carbons (Fsp3) is 0.200. The largest absolute Gasteiger partial charge is 0.481 e. The lowest BCUT2D eigenvalue weighted by molar-refractivity contribution is -0.145. The number of urea groups is 1. The van der Waals surface area contributed by atoms with Crippen molar-refractivity contribution in [1.82, 2.24) is 5.32 Å². The van der Waals surface area contributed by atoms with Crippen LogP contribution in [-0.2, 0) is 9.59 Å². The van der Waals surface area contributed by atoms with Gasteiger partial charge in [0.25, 0.3) is 5.91 Å². The molecule has 9 nitrogen and oxygen atoms in total. The number of aliphatic carboxylic acids is 2. The van der Waals surface area contributed by atoms with E-state index in [-0.39, 0.29) is 16.3 Å². The summed E-state index contributed by atoms with van der Waals surface area (Å²) in [6.45, 7) is 3.66. The molecule has 0 fully saturated rings. The Labute approximate surface area is 177 Å². The highest BCUT2D eigenvalue weighted by Gasteiger charge is 2.25. The van der Waals surface area contributed by atoms with Crippen LogP contribution in [0.2, 0.25) is 5.02 Å². The first kappa shape index (κ1) is 22.7. The van der Waals surface area contributed by atoms with Crippen LogP contribution >= 0.6 is 11.6 Å². The average Bonchev–Trinajstić information content (AvgIpc) is 2.64. The lowest BCUT2D eigenvalue weighted by Crippen LogP contribution is -2.42. The van der Waals surface area contributed by atoms with Gasteiger partial charge in [-0.15, -0.1) is 0 Å². The number of carboxylic acid groups (broad SMARTS) is 2. The van der Waals surface area contributed by atoms with Gasteiger partial charge in [-0.1, -0.05) is 29.8 Å². The summed E-state index contributed by atoms with van der Waals surface area (Å²) in [4.78, 5) is 47.0. The van der Waals surface area contributed by atoms with Gasteiger partial charge in [0.2, 0.25) is 0 Å². The Morgan fingerprint density at radius 2 is 1.63 bits per heavy atom. The summed E-state index contributed by atoms with van der Waals surface area (Å²) >= 11 is 5.97. The average molecular weight is 434 g/mol. The number of carbonyl (C=O) groups excluding carboxylic acids is 2. The van der Waals surface area contributed by atoms with Crippen molar-refractivity contribution in [3.8, 4) is 0 Å². The molecule has 0 spiro atoms. The second-order valence-corrected chi connectivity index (χ2v) is 6.93. The van der Waals surface area contributed by atoms with Gasteiger partial charge >= 0.3 is 18.0 Å². The van der Waals surface area contributed by atoms with Crippen molar-refractivity contribution >= 4 is 46.9 Å². The van der Waals surface area contributed by atoms with Crippen LogP contribution in [0.3, 0.4) is 0 Å². The Morgan fingerprint density at radius 1 is 1.00 bits per heavy atom. The van der Waals surface area contributed by atoms with Gasteiger partial charge in [0.05, 0.1) is 17.7 Å². The van der Waals surface area contributed by atoms with E-state index in [1.54, 1.807) is 0 Å². The van der Waals surface area contributed by atoms with Gasteiger partial charge < -0.3 is 26.2 Å². The Bertz CT molecular complexity index is 988. The minimum Gasteiger partial charge on any atom is -0.481 e. The molecule has 2 aromatic rings. The fourth-order valence-corrected chi connectivity index (χ4v) is 2.88. The van der Waals surface area contributed by atoms with Crippen LogP contribution in [0.25, 0.3) is 0 Å². The zero-order valence-electron chi connectivity index (χ0n) is 16.2. The van der Waals surface area contributed by atoms with Crippen LogP contribution in [-0.4, -0.2) is 40.1 Å². The number of halogens is 1. The summed E-state index contributed by atoms with van der Waals surface area (Å²) in [5, 5.41) is 25.5. The van der Waals surface area contributed by atoms with E-state index in [0.29, 0.717) is 5.69 Å². The van der Waals surface area contributed by atoms with E-state index in [1.165, 1.54) is 18.2 Å². The van der Waals surface area contributed by atoms with Gasteiger partial charge in [0.15, 0.2) is 0 Å². The number of aryl methyl sites for hydroxylation is 2. The minimum absolute atomic E-state index is 0.0307. The molecule has 0 saturated heterocycles. The molecule has 0 bridgehead atoms. The van der Waals surface area contributed by atoms with E-state index in [4.69, 9.17) is 21.8 Å². The van der Waals surface area contributed by atoms with Crippen molar-refractivity contribution in [2.24, 2.45) is 0 Å². The molecule has 1 atom stereocenters. The molecule has 0 aliphatic rings. The zero-order valence-corrected chi connectivity index (χ0v) is 16.9. The number of amides is 3. The van der Waals surface area contributed by atoms with Crippen molar-refractivity contribution in [2.45, 2.75) is 26.3 Å². The topological polar surface area (TPSA) is 145 Å². The SMILES string of the molecule is Cc1cccc(C)c1NC(=O)Nc1cc(Cl)ccc1C(=O)N[C@@H](CC(=O)O)C(=O)O. The number of para-hydroxylation sites is 1. The molecular weight excluding hydrogens is 414 g/mol. The predicted octanol–water partition coefficient (Wildman–Crippen LogP) is 3.26. The normalized spacial score (nSPS) is 11.3. The number of rotatable bonds is 7. The maximum absolute atomic E-state index is 12.5. The Morgan fingerprint density at radius 3 is 2.20 bits per heavy atom. The van der Waals surface area contributed by atoms with Gasteiger partial charge in [0.1, 0.15) is 6.04 Å². The monoisotopic (exact) mass is 433 g/mol. The standard InChI is InChI=1S/C20H20ClN3O6/c1-10-4-3-5-11(2)17(10)24-20(30)23-14-8-12(21)6-7-13(14)18(27)22-15(19(28)29)9-16(25)26/h3-8,15H,9H2,1-2H3,(H,22,27)(H,25,26)(H,28,29)(H2,23,24,30)/t15-/m0/s1. The van der Waals surface area contributed by atoms with E-state index in [0.717, 1.165) is 11.1 Å². The molecule has 10 heteroatoms. The summed E-state index contributed by atoms with van der Waals surface area (Å²) in [7, 11) is 0. The van der Waals surface area contributed by atoms with Crippen LogP contribution in [0.1, 0.15) is 27.9 Å². The molecule has 158 valence electrons. The second kappa shape index (κ2) is 9.75. The first-order valence-corrected chi connectivity index (χ1v) is 9.15. The Kier molecular flexibility index (Phi) is 7.38. The summed E-state index contributed by atoms with van der Waals surface area (Å²) in [5.74, 6) is -3.75. The molecule has 30 heavy (non-hydrogen) atoms. The van der Waals surface area contributed by atoms with Crippen molar-refractivity contribution < 1.29 is 29.4 Å². The van der Waals surface area contributed by atoms with Crippen LogP contribution in [0.5, 0.6) is 0 Å². The maximum atomic E-state index is 12.5. The highest BCUT2D eigenvalue weighted by atomic mass is 35.5. The van der Waals surface area contributed by atoms with Gasteiger partial charge in [-0.25, -0.2) is 9.59 Å². The first-order valence-electron chi connectivity index (χ1n) is 8.77. The quantitative estimate of drug-likeness (QED) is 0.453. The molecule has 0 unspecified atom stereocenters.